The van der Waals surface area contributed by atoms with E-state index in [0.717, 1.165) is 0 Å². The van der Waals surface area contributed by atoms with Crippen LogP contribution in [0, 0.1) is 10.1 Å². The third kappa shape index (κ3) is 3.07. The second-order valence-corrected chi connectivity index (χ2v) is 5.99. The first-order valence-electron chi connectivity index (χ1n) is 3.72. The highest BCUT2D eigenvalue weighted by molar-refractivity contribution is 9.10. The van der Waals surface area contributed by atoms with E-state index >= 15 is 0 Å². The third-order valence-electron chi connectivity index (χ3n) is 1.60. The topological polar surface area (TPSA) is 90.2 Å². The number of hydrogen-bond acceptors (Lipinski definition) is 5. The lowest BCUT2D eigenvalue weighted by atomic mass is 10.3. The Hall–Kier alpha value is -0.870. The highest BCUT2D eigenvalue weighted by atomic mass is 79.9. The molecule has 0 radical (unpaired) electrons. The summed E-state index contributed by atoms with van der Waals surface area (Å²) in [7, 11) is 0.185. The standard InChI is InChI=1S/C6H2BrClF2N2O4S/c7-3-1-2(12(13)14)5(17(8,15)16)4(11-3)6(9)10/h1,6H. The summed E-state index contributed by atoms with van der Waals surface area (Å²) < 4.78 is 47.0. The molecule has 0 N–H and O–H groups in total. The second-order valence-electron chi connectivity index (χ2n) is 2.67. The molecule has 0 spiro atoms. The fourth-order valence-electron chi connectivity index (χ4n) is 1.04. The van der Waals surface area contributed by atoms with E-state index in [0.29, 0.717) is 6.07 Å². The molecule has 0 atom stereocenters. The van der Waals surface area contributed by atoms with Gasteiger partial charge >= 0.3 is 0 Å². The first-order valence-corrected chi connectivity index (χ1v) is 6.82. The molecule has 1 rings (SSSR count). The van der Waals surface area contributed by atoms with E-state index in [1.165, 1.54) is 0 Å². The molecule has 0 aromatic carbocycles. The summed E-state index contributed by atoms with van der Waals surface area (Å²) in [5.41, 5.74) is -2.32. The van der Waals surface area contributed by atoms with Gasteiger partial charge in [-0.25, -0.2) is 22.2 Å². The van der Waals surface area contributed by atoms with Gasteiger partial charge in [0, 0.05) is 10.7 Å². The van der Waals surface area contributed by atoms with Crippen LogP contribution in [0.5, 0.6) is 0 Å². The van der Waals surface area contributed by atoms with Crippen LogP contribution in [-0.4, -0.2) is 18.3 Å². The minimum absolute atomic E-state index is 0.288. The van der Waals surface area contributed by atoms with Gasteiger partial charge in [-0.05, 0) is 15.9 Å². The molecule has 0 saturated heterocycles. The molecule has 0 saturated carbocycles. The number of nitrogens with zero attached hydrogens (tertiary/aromatic N) is 2. The van der Waals surface area contributed by atoms with Crippen LogP contribution in [-0.2, 0) is 9.05 Å². The van der Waals surface area contributed by atoms with Crippen LogP contribution in [0.4, 0.5) is 14.5 Å². The van der Waals surface area contributed by atoms with Gasteiger partial charge in [0.15, 0.2) is 4.90 Å². The predicted molar refractivity (Wildman–Crippen MR) is 56.6 cm³/mol. The first-order chi connectivity index (χ1) is 7.64. The van der Waals surface area contributed by atoms with Gasteiger partial charge in [-0.15, -0.1) is 0 Å². The Bertz CT molecular complexity index is 580. The highest BCUT2D eigenvalue weighted by Gasteiger charge is 2.33. The molecule has 17 heavy (non-hydrogen) atoms. The molecule has 1 heterocycles. The van der Waals surface area contributed by atoms with Crippen LogP contribution in [0.3, 0.4) is 0 Å². The molecule has 0 amide bonds. The summed E-state index contributed by atoms with van der Waals surface area (Å²) in [4.78, 5) is 11.3. The van der Waals surface area contributed by atoms with Crippen LogP contribution in [0.2, 0.25) is 0 Å². The van der Waals surface area contributed by atoms with Gasteiger partial charge < -0.3 is 0 Å². The average molecular weight is 352 g/mol. The van der Waals surface area contributed by atoms with E-state index < -0.39 is 36.7 Å². The van der Waals surface area contributed by atoms with Gasteiger partial charge in [-0.3, -0.25) is 10.1 Å². The lowest BCUT2D eigenvalue weighted by Gasteiger charge is -2.06. The minimum Gasteiger partial charge on any atom is -0.258 e. The monoisotopic (exact) mass is 350 g/mol. The van der Waals surface area contributed by atoms with E-state index in [1.54, 1.807) is 0 Å². The lowest BCUT2D eigenvalue weighted by molar-refractivity contribution is -0.388. The van der Waals surface area contributed by atoms with Crippen molar-refractivity contribution >= 4 is 41.4 Å². The molecule has 6 nitrogen and oxygen atoms in total. The van der Waals surface area contributed by atoms with E-state index in [4.69, 9.17) is 10.7 Å². The zero-order valence-electron chi connectivity index (χ0n) is 7.60. The van der Waals surface area contributed by atoms with E-state index in [2.05, 4.69) is 20.9 Å². The number of hydrogen-bond donors (Lipinski definition) is 0. The Kier molecular flexibility index (Phi) is 3.99. The van der Waals surface area contributed by atoms with E-state index in [1.807, 2.05) is 0 Å². The van der Waals surface area contributed by atoms with Crippen LogP contribution >= 0.6 is 26.6 Å². The summed E-state index contributed by atoms with van der Waals surface area (Å²) in [6, 6.07) is 0.682. The molecule has 0 aliphatic carbocycles. The van der Waals surface area contributed by atoms with Gasteiger partial charge in [0.2, 0.25) is 0 Å². The number of halogens is 4. The van der Waals surface area contributed by atoms with Crippen LogP contribution < -0.4 is 0 Å². The largest absolute Gasteiger partial charge is 0.294 e. The van der Waals surface area contributed by atoms with Crippen molar-refractivity contribution in [3.05, 3.63) is 26.5 Å². The Labute approximate surface area is 106 Å². The van der Waals surface area contributed by atoms with Crippen molar-refractivity contribution in [1.29, 1.82) is 0 Å². The summed E-state index contributed by atoms with van der Waals surface area (Å²) in [5, 5.41) is 10.6. The Morgan fingerprint density at radius 2 is 2.06 bits per heavy atom. The maximum atomic E-state index is 12.6. The summed E-state index contributed by atoms with van der Waals surface area (Å²) in [6.45, 7) is 0. The minimum atomic E-state index is -4.70. The smallest absolute Gasteiger partial charge is 0.258 e. The number of pyridine rings is 1. The maximum Gasteiger partial charge on any atom is 0.294 e. The summed E-state index contributed by atoms with van der Waals surface area (Å²) >= 11 is 2.66. The zero-order chi connectivity index (χ0) is 13.4. The first kappa shape index (κ1) is 14.2. The van der Waals surface area contributed by atoms with E-state index in [9.17, 15) is 27.3 Å². The molecular formula is C6H2BrClF2N2O4S. The van der Waals surface area contributed by atoms with Crippen LogP contribution in [0.25, 0.3) is 0 Å². The van der Waals surface area contributed by atoms with E-state index in [-0.39, 0.29) is 4.60 Å². The number of aromatic nitrogens is 1. The summed E-state index contributed by atoms with van der Waals surface area (Å²) in [6.07, 6.45) is -3.31. The molecular weight excluding hydrogens is 349 g/mol. The predicted octanol–water partition coefficient (Wildman–Crippen LogP) is 2.62. The normalized spacial score (nSPS) is 11.8. The molecule has 0 bridgehead atoms. The SMILES string of the molecule is O=[N+]([O-])c1cc(Br)nc(C(F)F)c1S(=O)(=O)Cl. The summed E-state index contributed by atoms with van der Waals surface area (Å²) in [5.74, 6) is 0. The van der Waals surface area contributed by atoms with Gasteiger partial charge in [-0.2, -0.15) is 0 Å². The van der Waals surface area contributed by atoms with Crippen molar-refractivity contribution < 1.29 is 22.1 Å². The third-order valence-corrected chi connectivity index (χ3v) is 3.37. The fraction of sp³-hybridized carbons (Fsp3) is 0.167. The Morgan fingerprint density at radius 3 is 2.41 bits per heavy atom. The molecule has 1 aromatic rings. The van der Waals surface area contributed by atoms with Crippen molar-refractivity contribution in [1.82, 2.24) is 4.98 Å². The molecule has 0 aliphatic heterocycles. The number of rotatable bonds is 3. The molecule has 1 aromatic heterocycles. The molecule has 0 unspecified atom stereocenters. The number of nitro groups is 1. The van der Waals surface area contributed by atoms with Crippen molar-refractivity contribution in [3.63, 3.8) is 0 Å². The maximum absolute atomic E-state index is 12.6. The highest BCUT2D eigenvalue weighted by Crippen LogP contribution is 2.36. The Balaban J connectivity index is 3.79. The quantitative estimate of drug-likeness (QED) is 0.361. The van der Waals surface area contributed by atoms with Gasteiger partial charge in [0.25, 0.3) is 21.2 Å². The lowest BCUT2D eigenvalue weighted by Crippen LogP contribution is -2.07. The van der Waals surface area contributed by atoms with Crippen molar-refractivity contribution in [2.24, 2.45) is 0 Å². The van der Waals surface area contributed by atoms with Crippen LogP contribution in [0.15, 0.2) is 15.6 Å². The van der Waals surface area contributed by atoms with Crippen molar-refractivity contribution in [2.45, 2.75) is 11.3 Å². The fourth-order valence-corrected chi connectivity index (χ4v) is 2.69. The molecule has 94 valence electrons. The van der Waals surface area contributed by atoms with Gasteiger partial charge in [0.1, 0.15) is 10.3 Å². The van der Waals surface area contributed by atoms with Crippen molar-refractivity contribution in [2.75, 3.05) is 0 Å². The van der Waals surface area contributed by atoms with Gasteiger partial charge in [0.05, 0.1) is 11.0 Å². The van der Waals surface area contributed by atoms with Gasteiger partial charge in [-0.1, -0.05) is 0 Å². The number of alkyl halides is 2. The van der Waals surface area contributed by atoms with Crippen molar-refractivity contribution in [3.8, 4) is 0 Å². The second kappa shape index (κ2) is 4.78. The molecule has 0 aliphatic rings. The zero-order valence-corrected chi connectivity index (χ0v) is 10.8. The Morgan fingerprint density at radius 1 is 1.53 bits per heavy atom. The molecule has 11 heteroatoms. The average Bonchev–Trinajstić information content (AvgIpc) is 2.14. The van der Waals surface area contributed by atoms with Crippen LogP contribution in [0.1, 0.15) is 12.1 Å². The molecule has 0 fully saturated rings.